The lowest BCUT2D eigenvalue weighted by Gasteiger charge is -2.32. The third kappa shape index (κ3) is 4.90. The van der Waals surface area contributed by atoms with Crippen LogP contribution in [-0.2, 0) is 9.59 Å². The summed E-state index contributed by atoms with van der Waals surface area (Å²) < 4.78 is 0. The lowest BCUT2D eigenvalue weighted by molar-refractivity contribution is -0.133. The number of hydrogen-bond donors (Lipinski definition) is 2. The Hall–Kier alpha value is -1.85. The summed E-state index contributed by atoms with van der Waals surface area (Å²) in [7, 11) is 0. The fourth-order valence-electron chi connectivity index (χ4n) is 4.00. The Morgan fingerprint density at radius 1 is 1.37 bits per heavy atom. The molecular weight excluding hydrogens is 342 g/mol. The van der Waals surface area contributed by atoms with Gasteiger partial charge in [-0.2, -0.15) is 0 Å². The van der Waals surface area contributed by atoms with E-state index in [1.807, 2.05) is 11.8 Å². The number of carbonyl (C=O) groups excluding carboxylic acids is 1. The Morgan fingerprint density at radius 2 is 2.04 bits per heavy atom. The van der Waals surface area contributed by atoms with Crippen molar-refractivity contribution in [3.05, 3.63) is 11.3 Å². The van der Waals surface area contributed by atoms with Gasteiger partial charge in [-0.25, -0.2) is 4.79 Å². The van der Waals surface area contributed by atoms with E-state index < -0.39 is 5.97 Å². The van der Waals surface area contributed by atoms with Gasteiger partial charge in [0.25, 0.3) is 0 Å². The predicted molar refractivity (Wildman–Crippen MR) is 108 cm³/mol. The normalized spacial score (nSPS) is 25.3. The van der Waals surface area contributed by atoms with Crippen molar-refractivity contribution in [2.45, 2.75) is 78.2 Å². The number of nitrogens with zero attached hydrogens (tertiary/aromatic N) is 2. The molecule has 0 aromatic carbocycles. The number of allylic oxidation sites excluding steroid dienone is 1. The zero-order valence-electron chi connectivity index (χ0n) is 17.3. The molecule has 1 amide bonds. The minimum Gasteiger partial charge on any atom is -0.477 e. The van der Waals surface area contributed by atoms with Crippen LogP contribution in [0.15, 0.2) is 16.3 Å². The number of rotatable bonds is 9. The van der Waals surface area contributed by atoms with Crippen molar-refractivity contribution >= 4 is 17.6 Å². The summed E-state index contributed by atoms with van der Waals surface area (Å²) in [5.74, 6) is -0.393. The summed E-state index contributed by atoms with van der Waals surface area (Å²) in [4.78, 5) is 30.8. The third-order valence-electron chi connectivity index (χ3n) is 6.44. The number of aliphatic carboxylic acids is 1. The standard InChI is InChI=1S/C21H35N3O3/c1-5-14(3)9-12-24(21(6-2)10-11-21)17(25)13-23-16-8-7-15(4)18(16)19(22)20(26)27/h14-15H,5-13,22H2,1-4H3,(H,26,27)/b19-18-,23-16?. The molecule has 0 heterocycles. The summed E-state index contributed by atoms with van der Waals surface area (Å²) >= 11 is 0. The van der Waals surface area contributed by atoms with Crippen LogP contribution >= 0.6 is 0 Å². The lowest BCUT2D eigenvalue weighted by Crippen LogP contribution is -2.44. The second-order valence-corrected chi connectivity index (χ2v) is 8.26. The average Bonchev–Trinajstić information content (AvgIpc) is 3.35. The maximum Gasteiger partial charge on any atom is 0.352 e. The van der Waals surface area contributed by atoms with Crippen molar-refractivity contribution in [3.8, 4) is 0 Å². The van der Waals surface area contributed by atoms with Crippen LogP contribution in [0.3, 0.4) is 0 Å². The van der Waals surface area contributed by atoms with Gasteiger partial charge < -0.3 is 15.7 Å². The molecule has 2 rings (SSSR count). The number of carboxylic acid groups (broad SMARTS) is 1. The van der Waals surface area contributed by atoms with E-state index in [1.54, 1.807) is 0 Å². The number of amides is 1. The molecule has 2 atom stereocenters. The van der Waals surface area contributed by atoms with E-state index in [0.29, 0.717) is 23.6 Å². The molecule has 2 fully saturated rings. The molecule has 2 aliphatic rings. The van der Waals surface area contributed by atoms with E-state index >= 15 is 0 Å². The quantitative estimate of drug-likeness (QED) is 0.602. The molecule has 0 aliphatic heterocycles. The third-order valence-corrected chi connectivity index (χ3v) is 6.44. The highest BCUT2D eigenvalue weighted by Crippen LogP contribution is 2.45. The van der Waals surface area contributed by atoms with Crippen LogP contribution in [0.5, 0.6) is 0 Å². The Kier molecular flexibility index (Phi) is 7.06. The SMILES string of the molecule is CCC(C)CCN(C(=O)CN=C1CCC(C)/C1=C(/N)C(=O)O)C1(CC)CC1. The first-order chi connectivity index (χ1) is 12.8. The van der Waals surface area contributed by atoms with E-state index in [9.17, 15) is 14.7 Å². The Balaban J connectivity index is 2.13. The van der Waals surface area contributed by atoms with Crippen LogP contribution in [0.25, 0.3) is 0 Å². The average molecular weight is 378 g/mol. The van der Waals surface area contributed by atoms with Crippen molar-refractivity contribution < 1.29 is 14.7 Å². The molecule has 2 unspecified atom stereocenters. The van der Waals surface area contributed by atoms with Gasteiger partial charge in [0.15, 0.2) is 0 Å². The number of carbonyl (C=O) groups is 2. The van der Waals surface area contributed by atoms with Crippen molar-refractivity contribution in [1.82, 2.24) is 4.90 Å². The van der Waals surface area contributed by atoms with Gasteiger partial charge in [0, 0.05) is 23.4 Å². The Labute approximate surface area is 162 Å². The van der Waals surface area contributed by atoms with Gasteiger partial charge in [-0.3, -0.25) is 9.79 Å². The Bertz CT molecular complexity index is 635. The van der Waals surface area contributed by atoms with Gasteiger partial charge in [-0.1, -0.05) is 34.1 Å². The van der Waals surface area contributed by atoms with Gasteiger partial charge in [0.1, 0.15) is 12.2 Å². The Morgan fingerprint density at radius 3 is 2.56 bits per heavy atom. The zero-order valence-corrected chi connectivity index (χ0v) is 17.3. The van der Waals surface area contributed by atoms with Gasteiger partial charge in [-0.15, -0.1) is 0 Å². The largest absolute Gasteiger partial charge is 0.477 e. The summed E-state index contributed by atoms with van der Waals surface area (Å²) in [6.07, 6.45) is 6.75. The molecule has 0 aromatic heterocycles. The van der Waals surface area contributed by atoms with Crippen LogP contribution in [-0.4, -0.2) is 46.2 Å². The van der Waals surface area contributed by atoms with Crippen LogP contribution in [0.4, 0.5) is 0 Å². The number of aliphatic imine (C=N–C) groups is 1. The first-order valence-corrected chi connectivity index (χ1v) is 10.3. The zero-order chi connectivity index (χ0) is 20.2. The lowest BCUT2D eigenvalue weighted by atomic mass is 10.0. The first kappa shape index (κ1) is 21.5. The molecule has 27 heavy (non-hydrogen) atoms. The molecule has 0 aromatic rings. The van der Waals surface area contributed by atoms with Crippen LogP contribution in [0.2, 0.25) is 0 Å². The summed E-state index contributed by atoms with van der Waals surface area (Å²) in [5.41, 5.74) is 6.96. The van der Waals surface area contributed by atoms with Gasteiger partial charge >= 0.3 is 5.97 Å². The number of hydrogen-bond acceptors (Lipinski definition) is 4. The molecule has 6 nitrogen and oxygen atoms in total. The smallest absolute Gasteiger partial charge is 0.352 e. The highest BCUT2D eigenvalue weighted by atomic mass is 16.4. The van der Waals surface area contributed by atoms with Gasteiger partial charge in [0.2, 0.25) is 5.91 Å². The minimum absolute atomic E-state index is 0.0203. The van der Waals surface area contributed by atoms with E-state index in [4.69, 9.17) is 5.73 Å². The fourth-order valence-corrected chi connectivity index (χ4v) is 4.00. The topological polar surface area (TPSA) is 96.0 Å². The fraction of sp³-hybridized carbons (Fsp3) is 0.762. The second-order valence-electron chi connectivity index (χ2n) is 8.26. The maximum absolute atomic E-state index is 13.0. The molecule has 0 radical (unpaired) electrons. The van der Waals surface area contributed by atoms with E-state index in [2.05, 4.69) is 25.8 Å². The predicted octanol–water partition coefficient (Wildman–Crippen LogP) is 3.36. The monoisotopic (exact) mass is 377 g/mol. The first-order valence-electron chi connectivity index (χ1n) is 10.3. The van der Waals surface area contributed by atoms with Gasteiger partial charge in [0.05, 0.1) is 0 Å². The number of carboxylic acids is 1. The molecule has 0 saturated heterocycles. The summed E-state index contributed by atoms with van der Waals surface area (Å²) in [6.45, 7) is 9.38. The number of nitrogens with two attached hydrogens (primary N) is 1. The molecule has 2 aliphatic carbocycles. The van der Waals surface area contributed by atoms with E-state index in [-0.39, 0.29) is 29.6 Å². The van der Waals surface area contributed by atoms with Crippen molar-refractivity contribution in [2.75, 3.05) is 13.1 Å². The van der Waals surface area contributed by atoms with Crippen LogP contribution in [0.1, 0.15) is 72.6 Å². The highest BCUT2D eigenvalue weighted by Gasteiger charge is 2.48. The molecule has 2 saturated carbocycles. The molecule has 152 valence electrons. The van der Waals surface area contributed by atoms with Gasteiger partial charge in [-0.05, 0) is 50.4 Å². The summed E-state index contributed by atoms with van der Waals surface area (Å²) in [5, 5.41) is 9.22. The van der Waals surface area contributed by atoms with Crippen LogP contribution in [0, 0.1) is 11.8 Å². The van der Waals surface area contributed by atoms with E-state index in [1.165, 1.54) is 0 Å². The van der Waals surface area contributed by atoms with Crippen molar-refractivity contribution in [3.63, 3.8) is 0 Å². The van der Waals surface area contributed by atoms with Crippen molar-refractivity contribution in [1.29, 1.82) is 0 Å². The minimum atomic E-state index is -1.11. The molecule has 0 spiro atoms. The van der Waals surface area contributed by atoms with E-state index in [0.717, 1.165) is 45.1 Å². The molecule has 3 N–H and O–H groups in total. The molecular formula is C21H35N3O3. The van der Waals surface area contributed by atoms with Crippen LogP contribution < -0.4 is 5.73 Å². The van der Waals surface area contributed by atoms with Crippen molar-refractivity contribution in [2.24, 2.45) is 22.6 Å². The second kappa shape index (κ2) is 8.89. The maximum atomic E-state index is 13.0. The highest BCUT2D eigenvalue weighted by molar-refractivity contribution is 6.08. The summed E-state index contributed by atoms with van der Waals surface area (Å²) in [6, 6.07) is 0. The molecule has 6 heteroatoms. The molecule has 0 bridgehead atoms.